The zero-order chi connectivity index (χ0) is 11.1. The number of unbranched alkanes of at least 4 members (excludes halogenated alkanes) is 1. The number of phenolic OH excluding ortho intramolecular Hbond substituents is 1. The molecule has 1 N–H and O–H groups in total. The van der Waals surface area contributed by atoms with Gasteiger partial charge >= 0.3 is 0 Å². The smallest absolute Gasteiger partial charge is 0.115 e. The van der Waals surface area contributed by atoms with Crippen molar-refractivity contribution in [2.75, 3.05) is 0 Å². The third-order valence-corrected chi connectivity index (χ3v) is 2.18. The first-order valence-electron chi connectivity index (χ1n) is 5.16. The number of rotatable bonds is 4. The monoisotopic (exact) mass is 201 g/mol. The van der Waals surface area contributed by atoms with E-state index in [0.717, 1.165) is 30.4 Å². The van der Waals surface area contributed by atoms with Crippen molar-refractivity contribution in [2.24, 2.45) is 0 Å². The lowest BCUT2D eigenvalue weighted by molar-refractivity contribution is 0.475. The van der Waals surface area contributed by atoms with Crippen LogP contribution in [0.4, 0.5) is 0 Å². The molecule has 1 rings (SSSR count). The Bertz CT molecular complexity index is 371. The van der Waals surface area contributed by atoms with Crippen LogP contribution in [0.3, 0.4) is 0 Å². The molecule has 0 radical (unpaired) electrons. The van der Waals surface area contributed by atoms with Crippen molar-refractivity contribution in [1.29, 1.82) is 5.26 Å². The predicted molar refractivity (Wildman–Crippen MR) is 61.2 cm³/mol. The Morgan fingerprint density at radius 1 is 1.40 bits per heavy atom. The number of allylic oxidation sites excluding steroid dienone is 1. The number of nitriles is 1. The molecule has 78 valence electrons. The first-order chi connectivity index (χ1) is 7.26. The average Bonchev–Trinajstić information content (AvgIpc) is 2.27. The zero-order valence-electron chi connectivity index (χ0n) is 8.90. The maximum atomic E-state index is 9.10. The predicted octanol–water partition coefficient (Wildman–Crippen LogP) is 3.49. The molecule has 0 saturated heterocycles. The van der Waals surface area contributed by atoms with E-state index in [1.807, 2.05) is 6.08 Å². The molecule has 1 aromatic rings. The average molecular weight is 201 g/mol. The van der Waals surface area contributed by atoms with E-state index in [0.29, 0.717) is 0 Å². The summed E-state index contributed by atoms with van der Waals surface area (Å²) in [6.45, 7) is 2.11. The van der Waals surface area contributed by atoms with Gasteiger partial charge in [-0.1, -0.05) is 25.5 Å². The Morgan fingerprint density at radius 2 is 2.07 bits per heavy atom. The molecule has 0 spiro atoms. The molecule has 0 bridgehead atoms. The molecule has 0 unspecified atom stereocenters. The van der Waals surface area contributed by atoms with E-state index in [9.17, 15) is 0 Å². The Morgan fingerprint density at radius 3 is 2.60 bits per heavy atom. The highest BCUT2D eigenvalue weighted by Gasteiger charge is 1.96. The van der Waals surface area contributed by atoms with Crippen LogP contribution in [0.15, 0.2) is 29.8 Å². The first-order valence-corrected chi connectivity index (χ1v) is 5.16. The number of aromatic hydroxyl groups is 1. The molecular formula is C13H15NO. The minimum Gasteiger partial charge on any atom is -0.508 e. The minimum atomic E-state index is 0.249. The van der Waals surface area contributed by atoms with Crippen LogP contribution in [-0.4, -0.2) is 5.11 Å². The second-order valence-corrected chi connectivity index (χ2v) is 3.48. The standard InChI is InChI=1S/C13H15NO/c1-2-3-4-12(10-14)9-11-5-7-13(15)8-6-11/h5-9,15H,2-4H2,1H3. The number of hydrogen-bond donors (Lipinski definition) is 1. The van der Waals surface area contributed by atoms with Crippen molar-refractivity contribution in [3.63, 3.8) is 0 Å². The van der Waals surface area contributed by atoms with Crippen molar-refractivity contribution in [3.8, 4) is 11.8 Å². The fourth-order valence-corrected chi connectivity index (χ4v) is 1.30. The topological polar surface area (TPSA) is 44.0 Å². The van der Waals surface area contributed by atoms with Crippen LogP contribution < -0.4 is 0 Å². The summed E-state index contributed by atoms with van der Waals surface area (Å²) in [6, 6.07) is 9.06. The number of benzene rings is 1. The highest BCUT2D eigenvalue weighted by atomic mass is 16.3. The van der Waals surface area contributed by atoms with Crippen molar-refractivity contribution in [1.82, 2.24) is 0 Å². The van der Waals surface area contributed by atoms with E-state index in [1.165, 1.54) is 0 Å². The van der Waals surface area contributed by atoms with Gasteiger partial charge in [-0.3, -0.25) is 0 Å². The van der Waals surface area contributed by atoms with Gasteiger partial charge in [0.2, 0.25) is 0 Å². The molecule has 2 heteroatoms. The van der Waals surface area contributed by atoms with Crippen molar-refractivity contribution < 1.29 is 5.11 Å². The SMILES string of the molecule is CCCCC(C#N)=Cc1ccc(O)cc1. The van der Waals surface area contributed by atoms with Gasteiger partial charge in [-0.2, -0.15) is 5.26 Å². The third kappa shape index (κ3) is 3.86. The Balaban J connectivity index is 2.75. The van der Waals surface area contributed by atoms with Crippen LogP contribution in [0.2, 0.25) is 0 Å². The molecule has 2 nitrogen and oxygen atoms in total. The van der Waals surface area contributed by atoms with Crippen LogP contribution in [0.25, 0.3) is 6.08 Å². The Kier molecular flexibility index (Phi) is 4.43. The van der Waals surface area contributed by atoms with Crippen LogP contribution in [0, 0.1) is 11.3 Å². The largest absolute Gasteiger partial charge is 0.508 e. The first kappa shape index (κ1) is 11.3. The maximum Gasteiger partial charge on any atom is 0.115 e. The van der Waals surface area contributed by atoms with Gasteiger partial charge in [0.05, 0.1) is 6.07 Å². The summed E-state index contributed by atoms with van der Waals surface area (Å²) < 4.78 is 0. The summed E-state index contributed by atoms with van der Waals surface area (Å²) in [5.74, 6) is 0.249. The third-order valence-electron chi connectivity index (χ3n) is 2.18. The molecule has 0 fully saturated rings. The van der Waals surface area contributed by atoms with Gasteiger partial charge in [-0.05, 0) is 36.6 Å². The Hall–Kier alpha value is -1.75. The lowest BCUT2D eigenvalue weighted by Crippen LogP contribution is -1.80. The summed E-state index contributed by atoms with van der Waals surface area (Å²) >= 11 is 0. The Labute approximate surface area is 90.5 Å². The van der Waals surface area contributed by atoms with Crippen LogP contribution in [0.1, 0.15) is 31.7 Å². The molecule has 0 aliphatic carbocycles. The summed E-state index contributed by atoms with van der Waals surface area (Å²) in [7, 11) is 0. The van der Waals surface area contributed by atoms with Gasteiger partial charge in [0.25, 0.3) is 0 Å². The summed E-state index contributed by atoms with van der Waals surface area (Å²) in [5, 5.41) is 18.0. The molecule has 0 amide bonds. The van der Waals surface area contributed by atoms with Gasteiger partial charge in [-0.25, -0.2) is 0 Å². The van der Waals surface area contributed by atoms with E-state index in [1.54, 1.807) is 24.3 Å². The van der Waals surface area contributed by atoms with Crippen LogP contribution >= 0.6 is 0 Å². The zero-order valence-corrected chi connectivity index (χ0v) is 8.90. The second-order valence-electron chi connectivity index (χ2n) is 3.48. The van der Waals surface area contributed by atoms with Gasteiger partial charge in [-0.15, -0.1) is 0 Å². The highest BCUT2D eigenvalue weighted by Crippen LogP contribution is 2.15. The van der Waals surface area contributed by atoms with Crippen molar-refractivity contribution in [2.45, 2.75) is 26.2 Å². The van der Waals surface area contributed by atoms with E-state index in [2.05, 4.69) is 13.0 Å². The lowest BCUT2D eigenvalue weighted by Gasteiger charge is -1.98. The maximum absolute atomic E-state index is 9.10. The number of phenols is 1. The summed E-state index contributed by atoms with van der Waals surface area (Å²) in [4.78, 5) is 0. The van der Waals surface area contributed by atoms with E-state index in [4.69, 9.17) is 10.4 Å². The quantitative estimate of drug-likeness (QED) is 0.758. The van der Waals surface area contributed by atoms with Gasteiger partial charge in [0.15, 0.2) is 0 Å². The van der Waals surface area contributed by atoms with E-state index in [-0.39, 0.29) is 5.75 Å². The van der Waals surface area contributed by atoms with Crippen LogP contribution in [-0.2, 0) is 0 Å². The molecule has 1 aromatic carbocycles. The van der Waals surface area contributed by atoms with Gasteiger partial charge in [0.1, 0.15) is 5.75 Å². The molecule has 0 atom stereocenters. The molecule has 0 aliphatic rings. The van der Waals surface area contributed by atoms with Crippen molar-refractivity contribution in [3.05, 3.63) is 35.4 Å². The summed E-state index contributed by atoms with van der Waals surface area (Å²) in [5.41, 5.74) is 1.75. The van der Waals surface area contributed by atoms with Gasteiger partial charge in [0, 0.05) is 5.57 Å². The molecule has 0 aliphatic heterocycles. The van der Waals surface area contributed by atoms with E-state index >= 15 is 0 Å². The van der Waals surface area contributed by atoms with E-state index < -0.39 is 0 Å². The number of nitrogens with zero attached hydrogens (tertiary/aromatic N) is 1. The molecule has 0 aromatic heterocycles. The van der Waals surface area contributed by atoms with Crippen molar-refractivity contribution >= 4 is 6.08 Å². The van der Waals surface area contributed by atoms with Crippen LogP contribution in [0.5, 0.6) is 5.75 Å². The molecule has 0 saturated carbocycles. The second kappa shape index (κ2) is 5.87. The fraction of sp³-hybridized carbons (Fsp3) is 0.308. The minimum absolute atomic E-state index is 0.249. The van der Waals surface area contributed by atoms with Gasteiger partial charge < -0.3 is 5.11 Å². The lowest BCUT2D eigenvalue weighted by atomic mass is 10.1. The highest BCUT2D eigenvalue weighted by molar-refractivity contribution is 5.57. The molecule has 0 heterocycles. The fourth-order valence-electron chi connectivity index (χ4n) is 1.30. The molecule has 15 heavy (non-hydrogen) atoms. The normalized spacial score (nSPS) is 11.1. The molecular weight excluding hydrogens is 186 g/mol. The summed E-state index contributed by atoms with van der Waals surface area (Å²) in [6.07, 6.45) is 4.83. The number of hydrogen-bond acceptors (Lipinski definition) is 2.